The van der Waals surface area contributed by atoms with Gasteiger partial charge in [-0.2, -0.15) is 0 Å². The zero-order valence-electron chi connectivity index (χ0n) is 20.6. The average molecular weight is 567 g/mol. The van der Waals surface area contributed by atoms with E-state index in [4.69, 9.17) is 9.84 Å². The Morgan fingerprint density at radius 2 is 1.74 bits per heavy atom. The number of alkyl halides is 6. The van der Waals surface area contributed by atoms with Crippen LogP contribution in [0.2, 0.25) is 0 Å². The van der Waals surface area contributed by atoms with Crippen molar-refractivity contribution in [1.29, 1.82) is 0 Å². The molecule has 2 unspecified atom stereocenters. The molecule has 0 aromatic heterocycles. The Morgan fingerprint density at radius 1 is 1.03 bits per heavy atom. The van der Waals surface area contributed by atoms with Crippen LogP contribution in [0.5, 0.6) is 17.2 Å². The molecule has 0 bridgehead atoms. The molecule has 1 saturated carbocycles. The van der Waals surface area contributed by atoms with Gasteiger partial charge in [0.2, 0.25) is 6.41 Å². The fourth-order valence-corrected chi connectivity index (χ4v) is 3.59. The molecule has 1 aliphatic rings. The Labute approximate surface area is 219 Å². The molecule has 9 nitrogen and oxygen atoms in total. The normalized spacial score (nSPS) is 16.9. The summed E-state index contributed by atoms with van der Waals surface area (Å²) in [5.74, 6) is -1.47. The summed E-state index contributed by atoms with van der Waals surface area (Å²) in [6, 6.07) is 8.96. The Hall–Kier alpha value is -3.72. The van der Waals surface area contributed by atoms with E-state index in [0.717, 1.165) is 37.5 Å². The minimum Gasteiger partial charge on any atom is -0.490 e. The lowest BCUT2D eigenvalue weighted by Crippen LogP contribution is -2.28. The van der Waals surface area contributed by atoms with Crippen LogP contribution in [-0.2, 0) is 4.79 Å². The third-order valence-electron chi connectivity index (χ3n) is 5.21. The van der Waals surface area contributed by atoms with Crippen LogP contribution in [0, 0.1) is 0 Å². The maximum Gasteiger partial charge on any atom is 0.573 e. The molecule has 15 heteroatoms. The first kappa shape index (κ1) is 31.5. The molecule has 39 heavy (non-hydrogen) atoms. The van der Waals surface area contributed by atoms with Crippen LogP contribution in [0.1, 0.15) is 29.6 Å². The minimum absolute atomic E-state index is 0.0693. The summed E-state index contributed by atoms with van der Waals surface area (Å²) in [6.45, 7) is -0.410. The van der Waals surface area contributed by atoms with E-state index in [0.29, 0.717) is 18.2 Å². The highest BCUT2D eigenvalue weighted by molar-refractivity contribution is 5.97. The Morgan fingerprint density at radius 3 is 2.33 bits per heavy atom. The smallest absolute Gasteiger partial charge is 0.490 e. The molecule has 1 fully saturated rings. The summed E-state index contributed by atoms with van der Waals surface area (Å²) < 4.78 is 86.1. The lowest BCUT2D eigenvalue weighted by atomic mass is 10.1. The number of nitrogens with one attached hydrogen (secondary N) is 3. The van der Waals surface area contributed by atoms with E-state index in [2.05, 4.69) is 25.4 Å². The number of hydrogen-bond acceptors (Lipinski definition) is 7. The average Bonchev–Trinajstić information content (AvgIpc) is 3.30. The van der Waals surface area contributed by atoms with Crippen LogP contribution < -0.4 is 30.2 Å². The van der Waals surface area contributed by atoms with Gasteiger partial charge in [0.1, 0.15) is 23.4 Å². The molecular formula is C24H27F6N3O6. The number of rotatable bonds is 10. The maximum atomic E-state index is 12.5. The summed E-state index contributed by atoms with van der Waals surface area (Å²) in [7, 11) is 1.86. The number of hydrogen-bond donors (Lipinski definition) is 4. The predicted octanol–water partition coefficient (Wildman–Crippen LogP) is 3.98. The number of benzene rings is 2. The molecule has 0 heterocycles. The van der Waals surface area contributed by atoms with Gasteiger partial charge in [0.25, 0.3) is 5.91 Å². The van der Waals surface area contributed by atoms with Gasteiger partial charge in [0.05, 0.1) is 12.2 Å². The van der Waals surface area contributed by atoms with Gasteiger partial charge in [0, 0.05) is 24.3 Å². The number of amides is 2. The molecule has 0 saturated heterocycles. The summed E-state index contributed by atoms with van der Waals surface area (Å²) in [4.78, 5) is 22.1. The molecule has 0 spiro atoms. The Balaban J connectivity index is 0.000000322. The van der Waals surface area contributed by atoms with Crippen molar-refractivity contribution in [3.8, 4) is 17.2 Å². The zero-order chi connectivity index (χ0) is 29.1. The summed E-state index contributed by atoms with van der Waals surface area (Å²) >= 11 is 0. The van der Waals surface area contributed by atoms with Crippen LogP contribution in [0.3, 0.4) is 0 Å². The standard InChI is InChI=1S/C16H21F3N2O4.C8H6F3NO2/c1-20-10-2-3-11(8-10)24-12-4-5-14(25-16(17,18)19)13(9-12)15(23)21-6-7-22;9-8(10,11)14-7-3-1-2-6(4-7)12-5-13/h4-5,9-11,20,22H,2-3,6-8H2,1H3,(H,21,23);1-5H,(H,12,13). The van der Waals surface area contributed by atoms with E-state index in [1.165, 1.54) is 24.3 Å². The summed E-state index contributed by atoms with van der Waals surface area (Å²) in [6.07, 6.45) is -6.80. The van der Waals surface area contributed by atoms with Crippen molar-refractivity contribution in [1.82, 2.24) is 10.6 Å². The van der Waals surface area contributed by atoms with Crippen molar-refractivity contribution < 1.29 is 55.2 Å². The highest BCUT2D eigenvalue weighted by Crippen LogP contribution is 2.32. The third kappa shape index (κ3) is 11.7. The van der Waals surface area contributed by atoms with Gasteiger partial charge in [0.15, 0.2) is 0 Å². The van der Waals surface area contributed by atoms with E-state index in [1.807, 2.05) is 7.05 Å². The molecule has 2 atom stereocenters. The first-order valence-corrected chi connectivity index (χ1v) is 11.5. The quantitative estimate of drug-likeness (QED) is 0.254. The van der Waals surface area contributed by atoms with Crippen LogP contribution in [0.25, 0.3) is 0 Å². The first-order valence-electron chi connectivity index (χ1n) is 11.5. The van der Waals surface area contributed by atoms with Crippen LogP contribution >= 0.6 is 0 Å². The molecule has 1 aliphatic carbocycles. The van der Waals surface area contributed by atoms with Crippen molar-refractivity contribution >= 4 is 18.0 Å². The number of ether oxygens (including phenoxy) is 3. The van der Waals surface area contributed by atoms with Crippen molar-refractivity contribution in [2.75, 3.05) is 25.5 Å². The second kappa shape index (κ2) is 14.4. The lowest BCUT2D eigenvalue weighted by Gasteiger charge is -2.17. The first-order chi connectivity index (χ1) is 18.3. The van der Waals surface area contributed by atoms with E-state index in [1.54, 1.807) is 0 Å². The SMILES string of the molecule is CNC1CCC(Oc2ccc(OC(F)(F)F)c(C(=O)NCCO)c2)C1.O=CNc1cccc(OC(F)(F)F)c1. The van der Waals surface area contributed by atoms with Crippen molar-refractivity contribution in [3.63, 3.8) is 0 Å². The van der Waals surface area contributed by atoms with E-state index in [-0.39, 0.29) is 36.3 Å². The second-order valence-electron chi connectivity index (χ2n) is 8.06. The van der Waals surface area contributed by atoms with Gasteiger partial charge in [-0.05, 0) is 56.6 Å². The number of carbonyl (C=O) groups is 2. The van der Waals surface area contributed by atoms with Gasteiger partial charge in [-0.15, -0.1) is 26.3 Å². The molecular weight excluding hydrogens is 540 g/mol. The largest absolute Gasteiger partial charge is 0.573 e. The number of carbonyl (C=O) groups excluding carboxylic acids is 2. The van der Waals surface area contributed by atoms with Crippen molar-refractivity contribution in [2.24, 2.45) is 0 Å². The fraction of sp³-hybridized carbons (Fsp3) is 0.417. The molecule has 2 aromatic carbocycles. The van der Waals surface area contributed by atoms with Crippen LogP contribution in [0.4, 0.5) is 32.0 Å². The Kier molecular flexibility index (Phi) is 11.7. The number of anilines is 1. The van der Waals surface area contributed by atoms with Gasteiger partial charge in [-0.25, -0.2) is 0 Å². The Bertz CT molecular complexity index is 1080. The predicted molar refractivity (Wildman–Crippen MR) is 126 cm³/mol. The van der Waals surface area contributed by atoms with Crippen molar-refractivity contribution in [3.05, 3.63) is 48.0 Å². The van der Waals surface area contributed by atoms with Gasteiger partial charge in [-0.3, -0.25) is 9.59 Å². The van der Waals surface area contributed by atoms with E-state index in [9.17, 15) is 35.9 Å². The second-order valence-corrected chi connectivity index (χ2v) is 8.06. The monoisotopic (exact) mass is 567 g/mol. The molecule has 4 N–H and O–H groups in total. The topological polar surface area (TPSA) is 118 Å². The minimum atomic E-state index is -4.92. The van der Waals surface area contributed by atoms with Gasteiger partial charge in [-0.1, -0.05) is 6.07 Å². The van der Waals surface area contributed by atoms with E-state index < -0.39 is 24.4 Å². The van der Waals surface area contributed by atoms with E-state index >= 15 is 0 Å². The summed E-state index contributed by atoms with van der Waals surface area (Å²) in [5, 5.41) is 16.4. The fourth-order valence-electron chi connectivity index (χ4n) is 3.59. The maximum absolute atomic E-state index is 12.5. The molecule has 216 valence electrons. The van der Waals surface area contributed by atoms with Gasteiger partial charge < -0.3 is 35.3 Å². The van der Waals surface area contributed by atoms with Crippen LogP contribution in [0.15, 0.2) is 42.5 Å². The lowest BCUT2D eigenvalue weighted by molar-refractivity contribution is -0.275. The third-order valence-corrected chi connectivity index (χ3v) is 5.21. The molecule has 0 radical (unpaired) electrons. The highest BCUT2D eigenvalue weighted by atomic mass is 19.4. The highest BCUT2D eigenvalue weighted by Gasteiger charge is 2.33. The molecule has 3 rings (SSSR count). The van der Waals surface area contributed by atoms with Gasteiger partial charge >= 0.3 is 12.7 Å². The number of aliphatic hydroxyl groups is 1. The number of halogens is 6. The molecule has 2 aromatic rings. The molecule has 2 amide bonds. The van der Waals surface area contributed by atoms with Crippen molar-refractivity contribution in [2.45, 2.75) is 44.1 Å². The summed E-state index contributed by atoms with van der Waals surface area (Å²) in [5.41, 5.74) is -0.0619. The number of aliphatic hydroxyl groups excluding tert-OH is 1. The molecule has 0 aliphatic heterocycles. The zero-order valence-corrected chi connectivity index (χ0v) is 20.6. The van der Waals surface area contributed by atoms with Crippen LogP contribution in [-0.4, -0.2) is 62.5 Å².